The van der Waals surface area contributed by atoms with E-state index >= 15 is 0 Å². The lowest BCUT2D eigenvalue weighted by Crippen LogP contribution is -2.21. The summed E-state index contributed by atoms with van der Waals surface area (Å²) >= 11 is 0. The van der Waals surface area contributed by atoms with Crippen LogP contribution in [0.15, 0.2) is 232 Å². The summed E-state index contributed by atoms with van der Waals surface area (Å²) in [6.07, 6.45) is 12.5. The van der Waals surface area contributed by atoms with Gasteiger partial charge >= 0.3 is 0 Å². The second kappa shape index (κ2) is 16.8. The first-order chi connectivity index (χ1) is 36.5. The molecule has 0 aliphatic heterocycles. The molecule has 2 aromatic heterocycles. The number of anilines is 5. The molecule has 354 valence electrons. The number of fused-ring (bicyclic) bond motifs is 14. The first-order valence-corrected chi connectivity index (χ1v) is 25.9. The molecule has 0 amide bonds. The van der Waals surface area contributed by atoms with Gasteiger partial charge in [0.25, 0.3) is 0 Å². The van der Waals surface area contributed by atoms with Crippen molar-refractivity contribution in [2.75, 3.05) is 9.80 Å². The fourth-order valence-corrected chi connectivity index (χ4v) is 12.5. The van der Waals surface area contributed by atoms with Gasteiger partial charge in [0, 0.05) is 90.7 Å². The molecule has 0 bridgehead atoms. The number of hydrogen-bond acceptors (Lipinski definition) is 5. The second-order valence-corrected chi connectivity index (χ2v) is 20.5. The first kappa shape index (κ1) is 42.6. The number of nitrogens with zero attached hydrogens (tertiary/aromatic N) is 2. The van der Waals surface area contributed by atoms with Crippen LogP contribution in [-0.4, -0.2) is 0 Å². The molecule has 12 aromatic rings. The van der Waals surface area contributed by atoms with Crippen LogP contribution < -0.4 is 14.5 Å². The highest BCUT2D eigenvalue weighted by Crippen LogP contribution is 2.50. The maximum Gasteiger partial charge on any atom is 0.143 e. The van der Waals surface area contributed by atoms with E-state index in [0.717, 1.165) is 114 Å². The Kier molecular flexibility index (Phi) is 9.65. The van der Waals surface area contributed by atoms with Gasteiger partial charge in [0.2, 0.25) is 0 Å². The number of furan rings is 2. The molecule has 15 rings (SSSR count). The van der Waals surface area contributed by atoms with Crippen molar-refractivity contribution in [3.05, 3.63) is 251 Å². The van der Waals surface area contributed by atoms with Gasteiger partial charge in [-0.2, -0.15) is 0 Å². The summed E-state index contributed by atoms with van der Waals surface area (Å²) in [5, 5.41) is 9.25. The topological polar surface area (TPSA) is 42.0 Å². The van der Waals surface area contributed by atoms with Crippen molar-refractivity contribution < 1.29 is 13.6 Å². The lowest BCUT2D eigenvalue weighted by Gasteiger charge is -2.32. The van der Waals surface area contributed by atoms with E-state index in [0.29, 0.717) is 5.92 Å². The van der Waals surface area contributed by atoms with Gasteiger partial charge in [-0.25, -0.2) is 0 Å². The normalized spacial score (nSPS) is 15.9. The van der Waals surface area contributed by atoms with Crippen molar-refractivity contribution in [1.82, 2.24) is 0 Å². The van der Waals surface area contributed by atoms with E-state index in [2.05, 4.69) is 242 Å². The van der Waals surface area contributed by atoms with Gasteiger partial charge in [-0.1, -0.05) is 127 Å². The zero-order valence-electron chi connectivity index (χ0n) is 41.2. The number of rotatable bonds is 8. The van der Waals surface area contributed by atoms with E-state index in [1.165, 1.54) is 49.7 Å². The number of hydrogen-bond donors (Lipinski definition) is 0. The summed E-state index contributed by atoms with van der Waals surface area (Å²) in [5.41, 5.74) is 17.9. The van der Waals surface area contributed by atoms with E-state index in [4.69, 9.17) is 13.6 Å². The number of allylic oxidation sites excluding steroid dienone is 4. The van der Waals surface area contributed by atoms with Crippen LogP contribution >= 0.6 is 0 Å². The monoisotopic (exact) mass is 954 g/mol. The SMILES string of the molecule is CC1=CC(N(c2ccccc2)c2ccc3c(c2)oc2c4ccccc4ccc32)=CC2Cc3cc4ccc(Oc5cc(N(c6ccccc6)c6ccc7c(c6)oc6c8c(ccc67)CCC=C8)ccc5C)cc4cc3C12. The molecule has 2 atom stereocenters. The lowest BCUT2D eigenvalue weighted by atomic mass is 9.81. The van der Waals surface area contributed by atoms with Crippen LogP contribution in [0.2, 0.25) is 0 Å². The van der Waals surface area contributed by atoms with Crippen molar-refractivity contribution in [1.29, 1.82) is 0 Å². The van der Waals surface area contributed by atoms with Crippen LogP contribution in [0, 0.1) is 12.8 Å². The van der Waals surface area contributed by atoms with E-state index in [-0.39, 0.29) is 5.92 Å². The summed E-state index contributed by atoms with van der Waals surface area (Å²) in [6, 6.07) is 69.8. The molecule has 5 heteroatoms. The predicted molar refractivity (Wildman–Crippen MR) is 306 cm³/mol. The zero-order chi connectivity index (χ0) is 49.0. The molecule has 0 fully saturated rings. The number of aryl methyl sites for hydroxylation is 2. The highest BCUT2D eigenvalue weighted by Gasteiger charge is 2.36. The van der Waals surface area contributed by atoms with E-state index in [9.17, 15) is 0 Å². The number of benzene rings is 10. The quantitative estimate of drug-likeness (QED) is 0.152. The fraction of sp³-hybridized carbons (Fsp3) is 0.101. The Bertz CT molecular complexity index is 4360. The minimum Gasteiger partial charge on any atom is -0.457 e. The smallest absolute Gasteiger partial charge is 0.143 e. The van der Waals surface area contributed by atoms with Gasteiger partial charge in [0.15, 0.2) is 0 Å². The zero-order valence-corrected chi connectivity index (χ0v) is 41.2. The van der Waals surface area contributed by atoms with Crippen molar-refractivity contribution in [3.63, 3.8) is 0 Å². The standard InChI is InChI=1S/C69H50N2O3/c1-42-21-25-52(70(50-15-5-3-6-16-50)53-26-31-59-61-29-23-44-13-9-11-19-57(44)68(61)73-65(59)40-53)39-64(42)72-56-28-22-46-34-48-35-49-36-55(33-43(2)67(49)63(48)38-47(46)37-56)71(51-17-7-4-8-18-51)54-27-32-60-62-30-24-45-14-10-12-20-58(45)69(62)74-66(60)41-54/h3-8,10-12,14-34,36-41,49,67H,9,13,35H2,1-2H3. The first-order valence-electron chi connectivity index (χ1n) is 25.9. The summed E-state index contributed by atoms with van der Waals surface area (Å²) < 4.78 is 20.3. The summed E-state index contributed by atoms with van der Waals surface area (Å²) in [5.74, 6) is 2.23. The average molecular weight is 955 g/mol. The minimum absolute atomic E-state index is 0.287. The molecule has 0 saturated heterocycles. The van der Waals surface area contributed by atoms with Crippen LogP contribution in [0.5, 0.6) is 11.5 Å². The maximum atomic E-state index is 6.89. The van der Waals surface area contributed by atoms with Crippen molar-refractivity contribution >= 4 is 99.9 Å². The molecule has 3 aliphatic carbocycles. The Balaban J connectivity index is 0.744. The molecule has 0 radical (unpaired) electrons. The lowest BCUT2D eigenvalue weighted by molar-refractivity contribution is 0.480. The van der Waals surface area contributed by atoms with Crippen molar-refractivity contribution in [2.45, 2.75) is 39.0 Å². The highest BCUT2D eigenvalue weighted by molar-refractivity contribution is 6.15. The molecular formula is C69H50N2O3. The molecule has 74 heavy (non-hydrogen) atoms. The molecule has 2 unspecified atom stereocenters. The Morgan fingerprint density at radius 1 is 0.500 bits per heavy atom. The van der Waals surface area contributed by atoms with Gasteiger partial charge in [-0.3, -0.25) is 0 Å². The molecule has 5 nitrogen and oxygen atoms in total. The Labute approximate surface area is 429 Å². The van der Waals surface area contributed by atoms with Gasteiger partial charge in [0.1, 0.15) is 33.8 Å². The molecule has 0 spiro atoms. The van der Waals surface area contributed by atoms with Crippen LogP contribution in [0.3, 0.4) is 0 Å². The second-order valence-electron chi connectivity index (χ2n) is 20.5. The third-order valence-corrected chi connectivity index (χ3v) is 16.0. The molecule has 0 N–H and O–H groups in total. The molecule has 0 saturated carbocycles. The Hall–Kier alpha value is -9.06. The maximum absolute atomic E-state index is 6.89. The van der Waals surface area contributed by atoms with Crippen LogP contribution in [-0.2, 0) is 12.8 Å². The third kappa shape index (κ3) is 6.91. The number of ether oxygens (including phenoxy) is 1. The van der Waals surface area contributed by atoms with Crippen LogP contribution in [0.1, 0.15) is 47.1 Å². The van der Waals surface area contributed by atoms with E-state index in [1.807, 2.05) is 0 Å². The van der Waals surface area contributed by atoms with Crippen molar-refractivity contribution in [2.24, 2.45) is 5.92 Å². The fourth-order valence-electron chi connectivity index (χ4n) is 12.5. The summed E-state index contributed by atoms with van der Waals surface area (Å²) in [7, 11) is 0. The third-order valence-electron chi connectivity index (χ3n) is 16.0. The molecule has 2 heterocycles. The molecule has 3 aliphatic rings. The predicted octanol–water partition coefficient (Wildman–Crippen LogP) is 19.3. The van der Waals surface area contributed by atoms with Gasteiger partial charge < -0.3 is 23.4 Å². The van der Waals surface area contributed by atoms with Gasteiger partial charge in [-0.15, -0.1) is 0 Å². The summed E-state index contributed by atoms with van der Waals surface area (Å²) in [6.45, 7) is 4.43. The molecule has 10 aromatic carbocycles. The van der Waals surface area contributed by atoms with E-state index < -0.39 is 0 Å². The summed E-state index contributed by atoms with van der Waals surface area (Å²) in [4.78, 5) is 4.68. The largest absolute Gasteiger partial charge is 0.457 e. The van der Waals surface area contributed by atoms with Gasteiger partial charge in [-0.05, 0) is 156 Å². The minimum atomic E-state index is 0.287. The average Bonchev–Trinajstić information content (AvgIpc) is 4.15. The van der Waals surface area contributed by atoms with E-state index in [1.54, 1.807) is 0 Å². The number of para-hydroxylation sites is 2. The van der Waals surface area contributed by atoms with Crippen LogP contribution in [0.25, 0.3) is 71.5 Å². The highest BCUT2D eigenvalue weighted by atomic mass is 16.5. The van der Waals surface area contributed by atoms with Crippen LogP contribution in [0.4, 0.5) is 28.4 Å². The Morgan fingerprint density at radius 2 is 1.16 bits per heavy atom. The molecular weight excluding hydrogens is 905 g/mol. The van der Waals surface area contributed by atoms with Gasteiger partial charge in [0.05, 0.1) is 0 Å². The Morgan fingerprint density at radius 3 is 1.97 bits per heavy atom. The van der Waals surface area contributed by atoms with Crippen molar-refractivity contribution in [3.8, 4) is 11.5 Å².